The fraction of sp³-hybridized carbons (Fsp3) is 0.278. The van der Waals surface area contributed by atoms with E-state index in [1.807, 2.05) is 36.2 Å². The maximum Gasteiger partial charge on any atom is 0.147 e. The standard InChI is InChI=1S/C18H17NOS/c1-13-12-15-17(2,21-13)20-18(15,14-8-4-3-5-9-14)16-10-6-7-11-19-16/h3-12,15H,1-2H3/t15-,17+,18+/m1/s1. The van der Waals surface area contributed by atoms with Crippen LogP contribution in [0, 0.1) is 5.92 Å². The van der Waals surface area contributed by atoms with Crippen LogP contribution in [-0.4, -0.2) is 9.92 Å². The Balaban J connectivity index is 1.90. The van der Waals surface area contributed by atoms with Gasteiger partial charge in [0.15, 0.2) is 0 Å². The van der Waals surface area contributed by atoms with E-state index in [-0.39, 0.29) is 4.93 Å². The number of thioether (sulfide) groups is 1. The summed E-state index contributed by atoms with van der Waals surface area (Å²) in [4.78, 5) is 5.76. The lowest BCUT2D eigenvalue weighted by atomic mass is 9.70. The van der Waals surface area contributed by atoms with Crippen LogP contribution in [0.4, 0.5) is 0 Å². The normalized spacial score (nSPS) is 34.0. The molecule has 0 unspecified atom stereocenters. The minimum Gasteiger partial charge on any atom is -0.345 e. The molecule has 0 saturated carbocycles. The molecule has 0 N–H and O–H groups in total. The van der Waals surface area contributed by atoms with Gasteiger partial charge in [-0.15, -0.1) is 0 Å². The molecule has 2 nitrogen and oxygen atoms in total. The first-order valence-corrected chi connectivity index (χ1v) is 8.01. The molecule has 106 valence electrons. The number of ether oxygens (including phenoxy) is 1. The summed E-state index contributed by atoms with van der Waals surface area (Å²) >= 11 is 1.82. The van der Waals surface area contributed by atoms with Crippen LogP contribution in [0.3, 0.4) is 0 Å². The number of hydrogen-bond donors (Lipinski definition) is 0. The fourth-order valence-corrected chi connectivity index (χ4v) is 4.94. The Morgan fingerprint density at radius 3 is 2.52 bits per heavy atom. The fourth-order valence-electron chi connectivity index (χ4n) is 3.57. The van der Waals surface area contributed by atoms with Crippen molar-refractivity contribution in [2.24, 2.45) is 5.92 Å². The molecule has 1 saturated heterocycles. The van der Waals surface area contributed by atoms with Gasteiger partial charge in [-0.2, -0.15) is 0 Å². The maximum atomic E-state index is 6.53. The number of allylic oxidation sites excluding steroid dienone is 1. The van der Waals surface area contributed by atoms with Crippen LogP contribution in [-0.2, 0) is 10.3 Å². The Bertz CT molecular complexity index is 658. The van der Waals surface area contributed by atoms with Crippen molar-refractivity contribution in [2.75, 3.05) is 0 Å². The quantitative estimate of drug-likeness (QED) is 0.823. The molecule has 3 atom stereocenters. The molecule has 1 fully saturated rings. The van der Waals surface area contributed by atoms with Gasteiger partial charge in [-0.1, -0.05) is 54.2 Å². The van der Waals surface area contributed by atoms with Crippen molar-refractivity contribution < 1.29 is 4.74 Å². The van der Waals surface area contributed by atoms with E-state index < -0.39 is 5.60 Å². The lowest BCUT2D eigenvalue weighted by Crippen LogP contribution is -2.62. The Hall–Kier alpha value is -1.58. The molecule has 2 aromatic rings. The van der Waals surface area contributed by atoms with Gasteiger partial charge in [0, 0.05) is 6.20 Å². The molecule has 3 heteroatoms. The Morgan fingerprint density at radius 1 is 1.10 bits per heavy atom. The van der Waals surface area contributed by atoms with Crippen molar-refractivity contribution in [3.05, 3.63) is 77.0 Å². The first-order valence-electron chi connectivity index (χ1n) is 7.20. The van der Waals surface area contributed by atoms with Crippen LogP contribution in [0.25, 0.3) is 0 Å². The zero-order valence-corrected chi connectivity index (χ0v) is 12.9. The Kier molecular flexibility index (Phi) is 2.78. The minimum atomic E-state index is -0.456. The smallest absolute Gasteiger partial charge is 0.147 e. The monoisotopic (exact) mass is 295 g/mol. The van der Waals surface area contributed by atoms with Crippen molar-refractivity contribution >= 4 is 11.8 Å². The molecule has 3 heterocycles. The largest absolute Gasteiger partial charge is 0.345 e. The second kappa shape index (κ2) is 4.46. The van der Waals surface area contributed by atoms with Crippen molar-refractivity contribution in [1.29, 1.82) is 0 Å². The van der Waals surface area contributed by atoms with Crippen molar-refractivity contribution in [1.82, 2.24) is 4.98 Å². The Morgan fingerprint density at radius 2 is 1.86 bits per heavy atom. The summed E-state index contributed by atoms with van der Waals surface area (Å²) in [6.45, 7) is 4.34. The Labute approximate surface area is 129 Å². The second-order valence-corrected chi connectivity index (χ2v) is 7.45. The predicted octanol–water partition coefficient (Wildman–Crippen LogP) is 4.34. The number of rotatable bonds is 2. The molecular weight excluding hydrogens is 278 g/mol. The van der Waals surface area contributed by atoms with Crippen LogP contribution < -0.4 is 0 Å². The van der Waals surface area contributed by atoms with Gasteiger partial charge < -0.3 is 4.74 Å². The highest BCUT2D eigenvalue weighted by atomic mass is 32.2. The molecule has 4 rings (SSSR count). The molecule has 2 aliphatic heterocycles. The lowest BCUT2D eigenvalue weighted by molar-refractivity contribution is -0.240. The number of benzene rings is 1. The van der Waals surface area contributed by atoms with Crippen LogP contribution in [0.2, 0.25) is 0 Å². The molecule has 0 bridgehead atoms. The van der Waals surface area contributed by atoms with Gasteiger partial charge in [0.25, 0.3) is 0 Å². The SMILES string of the molecule is CC1=C[C@H]2[C@@](c3ccccc3)(c3ccccn3)O[C@@]2(C)S1. The summed E-state index contributed by atoms with van der Waals surface area (Å²) in [7, 11) is 0. The third-order valence-corrected chi connectivity index (χ3v) is 5.58. The summed E-state index contributed by atoms with van der Waals surface area (Å²) in [6, 6.07) is 16.5. The highest BCUT2D eigenvalue weighted by Crippen LogP contribution is 2.66. The minimum absolute atomic E-state index is 0.169. The molecule has 1 aromatic heterocycles. The van der Waals surface area contributed by atoms with E-state index in [1.54, 1.807) is 0 Å². The number of aromatic nitrogens is 1. The summed E-state index contributed by atoms with van der Waals surface area (Å²) in [5.41, 5.74) is 1.71. The molecular formula is C18H17NOS. The average Bonchev–Trinajstić information content (AvgIpc) is 2.75. The molecule has 0 spiro atoms. The molecule has 1 aromatic carbocycles. The van der Waals surface area contributed by atoms with E-state index >= 15 is 0 Å². The lowest BCUT2D eigenvalue weighted by Gasteiger charge is -2.57. The summed E-state index contributed by atoms with van der Waals surface area (Å²) in [5, 5.41) is 0. The molecule has 0 aliphatic carbocycles. The first kappa shape index (κ1) is 13.1. The molecule has 0 radical (unpaired) electrons. The van der Waals surface area contributed by atoms with E-state index in [0.717, 1.165) is 5.69 Å². The van der Waals surface area contributed by atoms with Crippen LogP contribution in [0.15, 0.2) is 65.7 Å². The van der Waals surface area contributed by atoms with Crippen molar-refractivity contribution in [3.8, 4) is 0 Å². The number of pyridine rings is 1. The zero-order chi connectivity index (χ0) is 14.5. The predicted molar refractivity (Wildman–Crippen MR) is 85.8 cm³/mol. The third kappa shape index (κ3) is 1.74. The van der Waals surface area contributed by atoms with Gasteiger partial charge in [-0.3, -0.25) is 4.98 Å². The molecule has 2 aliphatic rings. The highest BCUT2D eigenvalue weighted by Gasteiger charge is 2.66. The van der Waals surface area contributed by atoms with Crippen molar-refractivity contribution in [2.45, 2.75) is 24.4 Å². The highest BCUT2D eigenvalue weighted by molar-refractivity contribution is 8.04. The molecule has 0 amide bonds. The summed E-state index contributed by atoms with van der Waals surface area (Å²) in [5.74, 6) is 0.312. The van der Waals surface area contributed by atoms with Gasteiger partial charge in [-0.25, -0.2) is 0 Å². The topological polar surface area (TPSA) is 22.1 Å². The van der Waals surface area contributed by atoms with E-state index in [9.17, 15) is 0 Å². The van der Waals surface area contributed by atoms with Crippen LogP contribution in [0.5, 0.6) is 0 Å². The number of nitrogens with zero attached hydrogens (tertiary/aromatic N) is 1. The van der Waals surface area contributed by atoms with Gasteiger partial charge in [0.2, 0.25) is 0 Å². The van der Waals surface area contributed by atoms with E-state index in [1.165, 1.54) is 10.5 Å². The van der Waals surface area contributed by atoms with Gasteiger partial charge in [0.1, 0.15) is 10.5 Å². The number of fused-ring (bicyclic) bond motifs is 1. The van der Waals surface area contributed by atoms with Crippen LogP contribution >= 0.6 is 11.8 Å². The van der Waals surface area contributed by atoms with Gasteiger partial charge >= 0.3 is 0 Å². The van der Waals surface area contributed by atoms with E-state index in [2.05, 4.69) is 55.2 Å². The van der Waals surface area contributed by atoms with Crippen LogP contribution in [0.1, 0.15) is 25.1 Å². The summed E-state index contributed by atoms with van der Waals surface area (Å²) in [6.07, 6.45) is 4.19. The maximum absolute atomic E-state index is 6.53. The van der Waals surface area contributed by atoms with E-state index in [0.29, 0.717) is 5.92 Å². The van der Waals surface area contributed by atoms with Crippen molar-refractivity contribution in [3.63, 3.8) is 0 Å². The molecule has 21 heavy (non-hydrogen) atoms. The zero-order valence-electron chi connectivity index (χ0n) is 12.1. The first-order chi connectivity index (χ1) is 10.2. The van der Waals surface area contributed by atoms with Gasteiger partial charge in [-0.05, 0) is 36.4 Å². The second-order valence-electron chi connectivity index (χ2n) is 5.79. The summed E-state index contributed by atoms with van der Waals surface area (Å²) < 4.78 is 6.53. The third-order valence-electron chi connectivity index (χ3n) is 4.38. The van der Waals surface area contributed by atoms with E-state index in [4.69, 9.17) is 4.74 Å². The number of hydrogen-bond acceptors (Lipinski definition) is 3. The van der Waals surface area contributed by atoms with Gasteiger partial charge in [0.05, 0.1) is 11.6 Å². The average molecular weight is 295 g/mol.